The van der Waals surface area contributed by atoms with E-state index in [1.807, 2.05) is 28.5 Å². The first-order valence-electron chi connectivity index (χ1n) is 13.4. The van der Waals surface area contributed by atoms with Crippen molar-refractivity contribution in [1.82, 2.24) is 19.7 Å². The predicted molar refractivity (Wildman–Crippen MR) is 133 cm³/mol. The van der Waals surface area contributed by atoms with Gasteiger partial charge in [0.2, 0.25) is 5.91 Å². The van der Waals surface area contributed by atoms with Crippen LogP contribution in [0.4, 0.5) is 0 Å². The predicted octanol–water partition coefficient (Wildman–Crippen LogP) is 4.55. The van der Waals surface area contributed by atoms with E-state index in [1.54, 1.807) is 6.26 Å². The molecule has 0 radical (unpaired) electrons. The van der Waals surface area contributed by atoms with Crippen LogP contribution in [-0.4, -0.2) is 63.4 Å². The zero-order valence-corrected chi connectivity index (χ0v) is 20.9. The van der Waals surface area contributed by atoms with Gasteiger partial charge in [0.25, 0.3) is 5.91 Å². The topological polar surface area (TPSA) is 70.7 Å². The Labute approximate surface area is 202 Å². The van der Waals surface area contributed by atoms with Gasteiger partial charge in [0.15, 0.2) is 5.58 Å². The lowest BCUT2D eigenvalue weighted by molar-refractivity contribution is -0.133. The summed E-state index contributed by atoms with van der Waals surface area (Å²) >= 11 is 0. The molecule has 34 heavy (non-hydrogen) atoms. The fourth-order valence-electron chi connectivity index (χ4n) is 6.46. The van der Waals surface area contributed by atoms with Crippen LogP contribution in [0.5, 0.6) is 0 Å². The van der Waals surface area contributed by atoms with Gasteiger partial charge in [-0.25, -0.2) is 0 Å². The van der Waals surface area contributed by atoms with Crippen LogP contribution in [-0.2, 0) is 11.3 Å². The van der Waals surface area contributed by atoms with Crippen LogP contribution in [0.15, 0.2) is 22.8 Å². The Kier molecular flexibility index (Phi) is 6.74. The highest BCUT2D eigenvalue weighted by Gasteiger charge is 2.48. The van der Waals surface area contributed by atoms with Crippen molar-refractivity contribution >= 4 is 22.9 Å². The number of nitrogens with one attached hydrogen (secondary N) is 1. The number of rotatable bonds is 7. The van der Waals surface area contributed by atoms with E-state index in [0.717, 1.165) is 50.7 Å². The number of aromatic nitrogens is 1. The van der Waals surface area contributed by atoms with Crippen LogP contribution in [0.3, 0.4) is 0 Å². The maximum atomic E-state index is 13.8. The average molecular weight is 469 g/mol. The van der Waals surface area contributed by atoms with Crippen LogP contribution in [0, 0.1) is 0 Å². The van der Waals surface area contributed by atoms with Gasteiger partial charge >= 0.3 is 0 Å². The molecule has 1 aliphatic carbocycles. The Bertz CT molecular complexity index is 1020. The van der Waals surface area contributed by atoms with E-state index >= 15 is 0 Å². The molecule has 2 aromatic heterocycles. The molecular weight excluding hydrogens is 428 g/mol. The van der Waals surface area contributed by atoms with Gasteiger partial charge in [0.05, 0.1) is 18.3 Å². The molecule has 186 valence electrons. The average Bonchev–Trinajstić information content (AvgIpc) is 3.44. The first kappa shape index (κ1) is 23.5. The minimum absolute atomic E-state index is 0.0202. The van der Waals surface area contributed by atoms with Gasteiger partial charge in [-0.15, -0.1) is 0 Å². The maximum Gasteiger partial charge on any atom is 0.271 e. The van der Waals surface area contributed by atoms with Gasteiger partial charge in [-0.05, 0) is 52.0 Å². The number of amides is 2. The van der Waals surface area contributed by atoms with Crippen molar-refractivity contribution in [3.8, 4) is 0 Å². The van der Waals surface area contributed by atoms with E-state index in [4.69, 9.17) is 4.42 Å². The van der Waals surface area contributed by atoms with Gasteiger partial charge in [0, 0.05) is 37.3 Å². The van der Waals surface area contributed by atoms with Crippen molar-refractivity contribution in [2.24, 2.45) is 0 Å². The summed E-state index contributed by atoms with van der Waals surface area (Å²) in [5, 5.41) is 3.32. The molecule has 5 rings (SSSR count). The second kappa shape index (κ2) is 9.76. The van der Waals surface area contributed by atoms with E-state index in [0.29, 0.717) is 30.4 Å². The highest BCUT2D eigenvalue weighted by Crippen LogP contribution is 2.33. The van der Waals surface area contributed by atoms with E-state index in [2.05, 4.69) is 17.1 Å². The molecule has 2 atom stereocenters. The van der Waals surface area contributed by atoms with Crippen molar-refractivity contribution < 1.29 is 14.0 Å². The SMILES string of the molecule is CCC1CCCCN1CCCN1C(=O)c2cc3occc3n2CC1(C)C(=O)NC1CCCCC1. The second-order valence-electron chi connectivity index (χ2n) is 10.8. The third-order valence-corrected chi connectivity index (χ3v) is 8.53. The fourth-order valence-corrected chi connectivity index (χ4v) is 6.46. The molecule has 4 heterocycles. The van der Waals surface area contributed by atoms with Crippen molar-refractivity contribution in [1.29, 1.82) is 0 Å². The van der Waals surface area contributed by atoms with Gasteiger partial charge < -0.3 is 24.1 Å². The second-order valence-corrected chi connectivity index (χ2v) is 10.8. The fraction of sp³-hybridized carbons (Fsp3) is 0.704. The number of likely N-dealkylation sites (tertiary alicyclic amines) is 1. The number of hydrogen-bond acceptors (Lipinski definition) is 4. The summed E-state index contributed by atoms with van der Waals surface area (Å²) in [4.78, 5) is 32.0. The Hall–Kier alpha value is -2.28. The van der Waals surface area contributed by atoms with Crippen molar-refractivity contribution in [3.63, 3.8) is 0 Å². The van der Waals surface area contributed by atoms with Gasteiger partial charge in [-0.1, -0.05) is 32.6 Å². The van der Waals surface area contributed by atoms with E-state index in [-0.39, 0.29) is 17.9 Å². The number of nitrogens with zero attached hydrogens (tertiary/aromatic N) is 3. The lowest BCUT2D eigenvalue weighted by atomic mass is 9.91. The molecule has 3 aliphatic rings. The third kappa shape index (κ3) is 4.28. The van der Waals surface area contributed by atoms with Gasteiger partial charge in [-0.3, -0.25) is 9.59 Å². The molecule has 1 saturated heterocycles. The molecule has 1 N–H and O–H groups in total. The standard InChI is InChI=1S/C27H40N4O3/c1-3-21-12-7-8-14-29(21)15-9-16-31-25(32)23-18-24-22(13-17-34-24)30(23)19-27(31,2)26(33)28-20-10-5-4-6-11-20/h13,17-18,20-21H,3-12,14-16,19H2,1-2H3,(H,28,33). The molecule has 0 aromatic carbocycles. The molecule has 0 spiro atoms. The van der Waals surface area contributed by atoms with E-state index in [9.17, 15) is 9.59 Å². The molecule has 2 aliphatic heterocycles. The quantitative estimate of drug-likeness (QED) is 0.647. The summed E-state index contributed by atoms with van der Waals surface area (Å²) in [5.74, 6) is -0.0854. The molecule has 7 heteroatoms. The Morgan fingerprint density at radius 1 is 1.15 bits per heavy atom. The largest absolute Gasteiger partial charge is 0.463 e. The van der Waals surface area contributed by atoms with Crippen molar-refractivity contribution in [3.05, 3.63) is 24.1 Å². The number of furan rings is 1. The van der Waals surface area contributed by atoms with E-state index < -0.39 is 5.54 Å². The first-order valence-corrected chi connectivity index (χ1v) is 13.4. The summed E-state index contributed by atoms with van der Waals surface area (Å²) in [6.07, 6.45) is 13.2. The monoisotopic (exact) mass is 468 g/mol. The molecule has 2 amide bonds. The summed E-state index contributed by atoms with van der Waals surface area (Å²) in [5.41, 5.74) is 1.30. The molecule has 2 fully saturated rings. The number of carbonyl (C=O) groups excluding carboxylic acids is 2. The molecule has 0 bridgehead atoms. The van der Waals surface area contributed by atoms with Crippen LogP contribution in [0.2, 0.25) is 0 Å². The smallest absolute Gasteiger partial charge is 0.271 e. The summed E-state index contributed by atoms with van der Waals surface area (Å²) < 4.78 is 7.57. The normalized spacial score (nSPS) is 26.7. The summed E-state index contributed by atoms with van der Waals surface area (Å²) in [7, 11) is 0. The number of piperidine rings is 1. The maximum absolute atomic E-state index is 13.8. The van der Waals surface area contributed by atoms with E-state index in [1.165, 1.54) is 32.1 Å². The lowest BCUT2D eigenvalue weighted by Gasteiger charge is -2.45. The first-order chi connectivity index (χ1) is 16.5. The molecule has 2 unspecified atom stereocenters. The van der Waals surface area contributed by atoms with Crippen LogP contribution >= 0.6 is 0 Å². The van der Waals surface area contributed by atoms with Crippen molar-refractivity contribution in [2.45, 2.75) is 102 Å². The lowest BCUT2D eigenvalue weighted by Crippen LogP contribution is -2.65. The molecule has 1 saturated carbocycles. The Balaban J connectivity index is 1.37. The minimum atomic E-state index is -0.920. The van der Waals surface area contributed by atoms with Crippen LogP contribution in [0.25, 0.3) is 11.1 Å². The number of carbonyl (C=O) groups is 2. The number of hydrogen-bond donors (Lipinski definition) is 1. The van der Waals surface area contributed by atoms with Crippen LogP contribution in [0.1, 0.15) is 88.5 Å². The molecular formula is C27H40N4O3. The Morgan fingerprint density at radius 2 is 1.94 bits per heavy atom. The molecule has 7 nitrogen and oxygen atoms in total. The minimum Gasteiger partial charge on any atom is -0.463 e. The van der Waals surface area contributed by atoms with Crippen LogP contribution < -0.4 is 5.32 Å². The number of fused-ring (bicyclic) bond motifs is 3. The third-order valence-electron chi connectivity index (χ3n) is 8.53. The molecule has 2 aromatic rings. The summed E-state index contributed by atoms with van der Waals surface area (Å²) in [6, 6.07) is 4.59. The van der Waals surface area contributed by atoms with Gasteiger partial charge in [0.1, 0.15) is 11.2 Å². The summed E-state index contributed by atoms with van der Waals surface area (Å²) in [6.45, 7) is 7.39. The highest BCUT2D eigenvalue weighted by atomic mass is 16.3. The Morgan fingerprint density at radius 3 is 2.74 bits per heavy atom. The van der Waals surface area contributed by atoms with Gasteiger partial charge in [-0.2, -0.15) is 0 Å². The van der Waals surface area contributed by atoms with Crippen molar-refractivity contribution in [2.75, 3.05) is 19.6 Å². The zero-order chi connectivity index (χ0) is 23.7. The highest BCUT2D eigenvalue weighted by molar-refractivity contribution is 6.02. The zero-order valence-electron chi connectivity index (χ0n) is 20.9.